The molecular weight excluding hydrogens is 230 g/mol. The lowest BCUT2D eigenvalue weighted by molar-refractivity contribution is 0.0948. The molecule has 92 valence electrons. The van der Waals surface area contributed by atoms with Crippen molar-refractivity contribution in [3.05, 3.63) is 35.5 Å². The second-order valence-corrected chi connectivity index (χ2v) is 4.35. The summed E-state index contributed by atoms with van der Waals surface area (Å²) in [6, 6.07) is 7.74. The van der Waals surface area contributed by atoms with Crippen LogP contribution in [0.5, 0.6) is 0 Å². The zero-order valence-corrected chi connectivity index (χ0v) is 9.97. The van der Waals surface area contributed by atoms with Crippen molar-refractivity contribution in [1.82, 2.24) is 9.88 Å². The van der Waals surface area contributed by atoms with Crippen LogP contribution in [0.4, 0.5) is 0 Å². The van der Waals surface area contributed by atoms with Gasteiger partial charge >= 0.3 is 0 Å². The van der Waals surface area contributed by atoms with Crippen LogP contribution in [0.2, 0.25) is 0 Å². The molecule has 18 heavy (non-hydrogen) atoms. The third-order valence-electron chi connectivity index (χ3n) is 3.38. The molecule has 0 aliphatic carbocycles. The van der Waals surface area contributed by atoms with E-state index in [4.69, 9.17) is 5.21 Å². The standard InChI is InChI=1S/C13H13N3O2/c1-16-10-5-3-2-4-8(10)11-9(15-18)6-7-14-13(17)12(11)16/h2-5,18H,6-7H2,1H3,(H,14,17)/b15-9+. The third kappa shape index (κ3) is 1.33. The molecule has 1 aliphatic rings. The maximum absolute atomic E-state index is 12.1. The molecule has 1 aromatic carbocycles. The number of oxime groups is 1. The van der Waals surface area contributed by atoms with E-state index in [2.05, 4.69) is 10.5 Å². The number of hydrogen-bond acceptors (Lipinski definition) is 3. The number of rotatable bonds is 0. The van der Waals surface area contributed by atoms with E-state index >= 15 is 0 Å². The maximum atomic E-state index is 12.1. The molecule has 0 fully saturated rings. The molecule has 2 heterocycles. The van der Waals surface area contributed by atoms with Gasteiger partial charge in [0, 0.05) is 36.5 Å². The van der Waals surface area contributed by atoms with E-state index in [9.17, 15) is 4.79 Å². The molecule has 0 radical (unpaired) electrons. The minimum atomic E-state index is -0.123. The monoisotopic (exact) mass is 243 g/mol. The van der Waals surface area contributed by atoms with Crippen molar-refractivity contribution in [3.63, 3.8) is 0 Å². The summed E-state index contributed by atoms with van der Waals surface area (Å²) in [5.74, 6) is -0.123. The summed E-state index contributed by atoms with van der Waals surface area (Å²) in [6.07, 6.45) is 0.531. The number of carbonyl (C=O) groups is 1. The fourth-order valence-electron chi connectivity index (χ4n) is 2.55. The van der Waals surface area contributed by atoms with Crippen LogP contribution < -0.4 is 5.32 Å². The second-order valence-electron chi connectivity index (χ2n) is 4.35. The highest BCUT2D eigenvalue weighted by Gasteiger charge is 2.26. The Labute approximate surface area is 104 Å². The van der Waals surface area contributed by atoms with E-state index in [1.54, 1.807) is 0 Å². The zero-order chi connectivity index (χ0) is 12.7. The lowest BCUT2D eigenvalue weighted by atomic mass is 10.0. The van der Waals surface area contributed by atoms with Crippen LogP contribution in [-0.4, -0.2) is 27.9 Å². The van der Waals surface area contributed by atoms with Gasteiger partial charge in [-0.3, -0.25) is 4.79 Å². The van der Waals surface area contributed by atoms with Crippen LogP contribution in [0, 0.1) is 0 Å². The molecule has 0 bridgehead atoms. The first-order valence-corrected chi connectivity index (χ1v) is 5.81. The van der Waals surface area contributed by atoms with Gasteiger partial charge in [0.1, 0.15) is 5.69 Å². The van der Waals surface area contributed by atoms with E-state index in [0.29, 0.717) is 24.4 Å². The van der Waals surface area contributed by atoms with E-state index in [-0.39, 0.29) is 5.91 Å². The minimum Gasteiger partial charge on any atom is -0.411 e. The quantitative estimate of drug-likeness (QED) is 0.544. The van der Waals surface area contributed by atoms with E-state index < -0.39 is 0 Å². The first-order chi connectivity index (χ1) is 8.74. The second kappa shape index (κ2) is 3.87. The van der Waals surface area contributed by atoms with Crippen LogP contribution >= 0.6 is 0 Å². The summed E-state index contributed by atoms with van der Waals surface area (Å²) in [4.78, 5) is 12.1. The molecule has 5 nitrogen and oxygen atoms in total. The number of nitrogens with zero attached hydrogens (tertiary/aromatic N) is 2. The normalized spacial score (nSPS) is 17.6. The highest BCUT2D eigenvalue weighted by molar-refractivity contribution is 6.19. The van der Waals surface area contributed by atoms with Crippen LogP contribution in [0.3, 0.4) is 0 Å². The van der Waals surface area contributed by atoms with Crippen LogP contribution in [0.25, 0.3) is 10.9 Å². The summed E-state index contributed by atoms with van der Waals surface area (Å²) in [5.41, 5.74) is 2.81. The first-order valence-electron chi connectivity index (χ1n) is 5.81. The van der Waals surface area contributed by atoms with Crippen LogP contribution in [0.15, 0.2) is 29.4 Å². The van der Waals surface area contributed by atoms with Gasteiger partial charge in [-0.15, -0.1) is 0 Å². The van der Waals surface area contributed by atoms with Crippen molar-refractivity contribution < 1.29 is 10.0 Å². The molecule has 1 amide bonds. The highest BCUT2D eigenvalue weighted by Crippen LogP contribution is 2.28. The van der Waals surface area contributed by atoms with Crippen LogP contribution in [0.1, 0.15) is 22.5 Å². The van der Waals surface area contributed by atoms with Gasteiger partial charge < -0.3 is 15.1 Å². The lowest BCUT2D eigenvalue weighted by Gasteiger charge is -2.03. The van der Waals surface area contributed by atoms with Gasteiger partial charge in [0.05, 0.1) is 5.71 Å². The van der Waals surface area contributed by atoms with Crippen molar-refractivity contribution in [1.29, 1.82) is 0 Å². The third-order valence-corrected chi connectivity index (χ3v) is 3.38. The van der Waals surface area contributed by atoms with E-state index in [1.165, 1.54) is 0 Å². The highest BCUT2D eigenvalue weighted by atomic mass is 16.4. The molecule has 2 aromatic rings. The largest absolute Gasteiger partial charge is 0.411 e. The molecular formula is C13H13N3O2. The molecule has 2 N–H and O–H groups in total. The number of amides is 1. The van der Waals surface area contributed by atoms with E-state index in [1.807, 2.05) is 35.9 Å². The summed E-state index contributed by atoms with van der Waals surface area (Å²) < 4.78 is 1.84. The summed E-state index contributed by atoms with van der Waals surface area (Å²) in [7, 11) is 1.85. The van der Waals surface area contributed by atoms with Gasteiger partial charge in [-0.1, -0.05) is 23.4 Å². The topological polar surface area (TPSA) is 66.6 Å². The predicted octanol–water partition coefficient (Wildman–Crippen LogP) is 1.49. The van der Waals surface area contributed by atoms with E-state index in [0.717, 1.165) is 16.5 Å². The van der Waals surface area contributed by atoms with Gasteiger partial charge in [0.2, 0.25) is 0 Å². The SMILES string of the molecule is Cn1c2c(c3ccccc31)/C(=N/O)CCNC2=O. The maximum Gasteiger partial charge on any atom is 0.268 e. The Bertz CT molecular complexity index is 670. The molecule has 0 atom stereocenters. The Balaban J connectivity index is 2.45. The average molecular weight is 243 g/mol. The number of nitrogens with one attached hydrogen (secondary N) is 1. The Kier molecular flexibility index (Phi) is 2.33. The van der Waals surface area contributed by atoms with Gasteiger partial charge in [0.25, 0.3) is 5.91 Å². The molecule has 0 saturated heterocycles. The average Bonchev–Trinajstić information content (AvgIpc) is 2.58. The number of aryl methyl sites for hydroxylation is 1. The first kappa shape index (κ1) is 10.8. The number of fused-ring (bicyclic) bond motifs is 3. The number of carbonyl (C=O) groups excluding carboxylic acids is 1. The summed E-state index contributed by atoms with van der Waals surface area (Å²) in [5, 5.41) is 16.3. The summed E-state index contributed by atoms with van der Waals surface area (Å²) >= 11 is 0. The number of hydrogen-bond donors (Lipinski definition) is 2. The molecule has 0 spiro atoms. The molecule has 0 saturated carbocycles. The Hall–Kier alpha value is -2.30. The van der Waals surface area contributed by atoms with Crippen molar-refractivity contribution in [2.45, 2.75) is 6.42 Å². The number of aromatic nitrogens is 1. The fourth-order valence-corrected chi connectivity index (χ4v) is 2.55. The molecule has 1 aliphatic heterocycles. The summed E-state index contributed by atoms with van der Waals surface area (Å²) in [6.45, 7) is 0.487. The molecule has 5 heteroatoms. The van der Waals surface area contributed by atoms with Gasteiger partial charge in [0.15, 0.2) is 0 Å². The lowest BCUT2D eigenvalue weighted by Crippen LogP contribution is -2.24. The molecule has 1 aromatic heterocycles. The van der Waals surface area contributed by atoms with Crippen molar-refractivity contribution in [3.8, 4) is 0 Å². The fraction of sp³-hybridized carbons (Fsp3) is 0.231. The van der Waals surface area contributed by atoms with Gasteiger partial charge in [-0.2, -0.15) is 0 Å². The van der Waals surface area contributed by atoms with Gasteiger partial charge in [-0.05, 0) is 6.07 Å². The molecule has 0 unspecified atom stereocenters. The Morgan fingerprint density at radius 1 is 1.39 bits per heavy atom. The zero-order valence-electron chi connectivity index (χ0n) is 9.97. The Morgan fingerprint density at radius 2 is 2.17 bits per heavy atom. The minimum absolute atomic E-state index is 0.123. The predicted molar refractivity (Wildman–Crippen MR) is 68.2 cm³/mol. The van der Waals surface area contributed by atoms with Crippen LogP contribution in [-0.2, 0) is 7.05 Å². The smallest absolute Gasteiger partial charge is 0.268 e. The van der Waals surface area contributed by atoms with Crippen molar-refractivity contribution in [2.75, 3.05) is 6.54 Å². The number of benzene rings is 1. The van der Waals surface area contributed by atoms with Gasteiger partial charge in [-0.25, -0.2) is 0 Å². The molecule has 3 rings (SSSR count). The van der Waals surface area contributed by atoms with Crippen molar-refractivity contribution >= 4 is 22.5 Å². The number of para-hydroxylation sites is 1. The Morgan fingerprint density at radius 3 is 2.94 bits per heavy atom. The van der Waals surface area contributed by atoms with Crippen molar-refractivity contribution in [2.24, 2.45) is 12.2 Å².